The topological polar surface area (TPSA) is 85.9 Å². The van der Waals surface area contributed by atoms with Crippen LogP contribution in [-0.2, 0) is 9.59 Å². The molecule has 0 heterocycles. The van der Waals surface area contributed by atoms with E-state index in [0.717, 1.165) is 0 Å². The van der Waals surface area contributed by atoms with Crippen molar-refractivity contribution in [3.8, 4) is 17.2 Å². The Morgan fingerprint density at radius 2 is 1.52 bits per heavy atom. The summed E-state index contributed by atoms with van der Waals surface area (Å²) >= 11 is 0. The van der Waals surface area contributed by atoms with Gasteiger partial charge >= 0.3 is 0 Å². The van der Waals surface area contributed by atoms with Gasteiger partial charge in [-0.15, -0.1) is 0 Å². The van der Waals surface area contributed by atoms with Gasteiger partial charge in [0.05, 0.1) is 27.9 Å². The van der Waals surface area contributed by atoms with Gasteiger partial charge in [0.15, 0.2) is 11.5 Å². The van der Waals surface area contributed by atoms with Crippen LogP contribution in [0.5, 0.6) is 17.2 Å². The Balaban J connectivity index is 2.81. The molecule has 2 amide bonds. The van der Waals surface area contributed by atoms with Crippen molar-refractivity contribution in [3.05, 3.63) is 12.1 Å². The number of carbonyl (C=O) groups excluding carboxylic acids is 2. The summed E-state index contributed by atoms with van der Waals surface area (Å²) in [6, 6.07) is 3.23. The first-order valence-electron chi connectivity index (χ1n) is 7.11. The molecule has 2 N–H and O–H groups in total. The number of benzene rings is 1. The summed E-state index contributed by atoms with van der Waals surface area (Å²) in [5.74, 6) is 0.755. The Kier molecular flexibility index (Phi) is 6.24. The van der Waals surface area contributed by atoms with Crippen molar-refractivity contribution in [1.82, 2.24) is 5.32 Å². The van der Waals surface area contributed by atoms with Crippen molar-refractivity contribution in [2.24, 2.45) is 5.41 Å². The zero-order valence-corrected chi connectivity index (χ0v) is 14.4. The fourth-order valence-electron chi connectivity index (χ4n) is 1.78. The monoisotopic (exact) mass is 324 g/mol. The molecule has 0 aliphatic carbocycles. The summed E-state index contributed by atoms with van der Waals surface area (Å²) in [6.45, 7) is 5.21. The van der Waals surface area contributed by atoms with Gasteiger partial charge in [-0.05, 0) is 0 Å². The minimum atomic E-state index is -0.549. The number of ether oxygens (including phenoxy) is 3. The first-order chi connectivity index (χ1) is 10.7. The standard InChI is InChI=1S/C16H24N2O5/c1-16(2,3)15(20)17-9-13(19)18-10-7-11(21-4)14(23-6)12(8-10)22-5/h7-8H,9H2,1-6H3,(H,17,20)(H,18,19). The largest absolute Gasteiger partial charge is 0.493 e. The van der Waals surface area contributed by atoms with Gasteiger partial charge in [0.1, 0.15) is 0 Å². The molecule has 0 fully saturated rings. The molecule has 0 saturated heterocycles. The van der Waals surface area contributed by atoms with Gasteiger partial charge in [0, 0.05) is 23.2 Å². The number of amides is 2. The van der Waals surface area contributed by atoms with Crippen LogP contribution in [0.4, 0.5) is 5.69 Å². The Morgan fingerprint density at radius 3 is 1.91 bits per heavy atom. The van der Waals surface area contributed by atoms with Gasteiger partial charge in [-0.25, -0.2) is 0 Å². The van der Waals surface area contributed by atoms with Crippen molar-refractivity contribution >= 4 is 17.5 Å². The Morgan fingerprint density at radius 1 is 1.00 bits per heavy atom. The Labute approximate surface area is 136 Å². The summed E-state index contributed by atoms with van der Waals surface area (Å²) < 4.78 is 15.7. The summed E-state index contributed by atoms with van der Waals surface area (Å²) in [4.78, 5) is 23.7. The molecule has 0 aliphatic heterocycles. The summed E-state index contributed by atoms with van der Waals surface area (Å²) in [6.07, 6.45) is 0. The van der Waals surface area contributed by atoms with E-state index in [1.165, 1.54) is 21.3 Å². The van der Waals surface area contributed by atoms with E-state index >= 15 is 0 Å². The van der Waals surface area contributed by atoms with Gasteiger partial charge in [-0.1, -0.05) is 20.8 Å². The summed E-state index contributed by atoms with van der Waals surface area (Å²) in [5.41, 5.74) is -0.0678. The van der Waals surface area contributed by atoms with Gasteiger partial charge in [0.2, 0.25) is 17.6 Å². The van der Waals surface area contributed by atoms with E-state index in [9.17, 15) is 9.59 Å². The molecule has 0 spiro atoms. The summed E-state index contributed by atoms with van der Waals surface area (Å²) in [5, 5.41) is 5.26. The summed E-state index contributed by atoms with van der Waals surface area (Å²) in [7, 11) is 4.49. The van der Waals surface area contributed by atoms with E-state index in [-0.39, 0.29) is 18.4 Å². The second kappa shape index (κ2) is 7.71. The number of rotatable bonds is 6. The maximum Gasteiger partial charge on any atom is 0.243 e. The fourth-order valence-corrected chi connectivity index (χ4v) is 1.78. The van der Waals surface area contributed by atoms with Crippen LogP contribution in [0.1, 0.15) is 20.8 Å². The molecule has 0 unspecified atom stereocenters. The minimum Gasteiger partial charge on any atom is -0.493 e. The predicted octanol–water partition coefficient (Wildman–Crippen LogP) is 1.81. The highest BCUT2D eigenvalue weighted by Gasteiger charge is 2.21. The maximum absolute atomic E-state index is 12.0. The lowest BCUT2D eigenvalue weighted by atomic mass is 9.96. The molecule has 1 aromatic rings. The molecule has 7 nitrogen and oxygen atoms in total. The zero-order valence-electron chi connectivity index (χ0n) is 14.4. The van der Waals surface area contributed by atoms with E-state index in [1.807, 2.05) is 0 Å². The number of nitrogens with one attached hydrogen (secondary N) is 2. The average molecular weight is 324 g/mol. The second-order valence-corrected chi connectivity index (χ2v) is 5.89. The number of methoxy groups -OCH3 is 3. The van der Waals surface area contributed by atoms with Crippen molar-refractivity contribution < 1.29 is 23.8 Å². The van der Waals surface area contributed by atoms with Gasteiger partial charge in [-0.3, -0.25) is 9.59 Å². The molecular formula is C16H24N2O5. The maximum atomic E-state index is 12.0. The normalized spacial score (nSPS) is 10.7. The molecule has 23 heavy (non-hydrogen) atoms. The van der Waals surface area contributed by atoms with Crippen LogP contribution in [0.2, 0.25) is 0 Å². The number of hydrogen-bond acceptors (Lipinski definition) is 5. The van der Waals surface area contributed by atoms with E-state index < -0.39 is 5.41 Å². The highest BCUT2D eigenvalue weighted by atomic mass is 16.5. The van der Waals surface area contributed by atoms with Gasteiger partial charge in [0.25, 0.3) is 0 Å². The molecule has 0 aromatic heterocycles. The number of hydrogen-bond donors (Lipinski definition) is 2. The molecule has 1 rings (SSSR count). The third-order valence-corrected chi connectivity index (χ3v) is 3.04. The van der Waals surface area contributed by atoms with E-state index in [1.54, 1.807) is 32.9 Å². The van der Waals surface area contributed by atoms with Gasteiger partial charge < -0.3 is 24.8 Å². The average Bonchev–Trinajstić information content (AvgIpc) is 2.50. The second-order valence-electron chi connectivity index (χ2n) is 5.89. The van der Waals surface area contributed by atoms with Gasteiger partial charge in [-0.2, -0.15) is 0 Å². The lowest BCUT2D eigenvalue weighted by molar-refractivity contribution is -0.130. The predicted molar refractivity (Wildman–Crippen MR) is 87.2 cm³/mol. The van der Waals surface area contributed by atoms with Crippen LogP contribution in [0, 0.1) is 5.41 Å². The molecule has 128 valence electrons. The van der Waals surface area contributed by atoms with Crippen LogP contribution in [0.3, 0.4) is 0 Å². The van der Waals surface area contributed by atoms with Crippen LogP contribution < -0.4 is 24.8 Å². The fraction of sp³-hybridized carbons (Fsp3) is 0.500. The van der Waals surface area contributed by atoms with E-state index in [0.29, 0.717) is 22.9 Å². The van der Waals surface area contributed by atoms with Crippen LogP contribution in [-0.4, -0.2) is 39.7 Å². The Bertz CT molecular complexity index is 553. The van der Waals surface area contributed by atoms with Crippen LogP contribution in [0.25, 0.3) is 0 Å². The smallest absolute Gasteiger partial charge is 0.243 e. The zero-order chi connectivity index (χ0) is 17.6. The molecule has 0 radical (unpaired) electrons. The third kappa shape index (κ3) is 5.05. The third-order valence-electron chi connectivity index (χ3n) is 3.04. The lowest BCUT2D eigenvalue weighted by Gasteiger charge is -2.18. The molecule has 0 aliphatic rings. The minimum absolute atomic E-state index is 0.118. The molecule has 0 saturated carbocycles. The first-order valence-corrected chi connectivity index (χ1v) is 7.11. The Hall–Kier alpha value is -2.44. The molecule has 1 aromatic carbocycles. The molecular weight excluding hydrogens is 300 g/mol. The van der Waals surface area contributed by atoms with Crippen LogP contribution >= 0.6 is 0 Å². The SMILES string of the molecule is COc1cc(NC(=O)CNC(=O)C(C)(C)C)cc(OC)c1OC. The number of carbonyl (C=O) groups is 2. The highest BCUT2D eigenvalue weighted by molar-refractivity contribution is 5.95. The van der Waals surface area contributed by atoms with Crippen molar-refractivity contribution in [2.75, 3.05) is 33.2 Å². The van der Waals surface area contributed by atoms with Crippen molar-refractivity contribution in [1.29, 1.82) is 0 Å². The molecule has 0 bridgehead atoms. The lowest BCUT2D eigenvalue weighted by Crippen LogP contribution is -2.39. The number of anilines is 1. The molecule has 0 atom stereocenters. The molecule has 7 heteroatoms. The van der Waals surface area contributed by atoms with Crippen molar-refractivity contribution in [3.63, 3.8) is 0 Å². The first kappa shape index (κ1) is 18.6. The highest BCUT2D eigenvalue weighted by Crippen LogP contribution is 2.39. The van der Waals surface area contributed by atoms with Crippen LogP contribution in [0.15, 0.2) is 12.1 Å². The van der Waals surface area contributed by atoms with Crippen molar-refractivity contribution in [2.45, 2.75) is 20.8 Å². The van der Waals surface area contributed by atoms with E-state index in [2.05, 4.69) is 10.6 Å². The van der Waals surface area contributed by atoms with E-state index in [4.69, 9.17) is 14.2 Å². The quantitative estimate of drug-likeness (QED) is 0.833.